The molecule has 0 saturated heterocycles. The first-order chi connectivity index (χ1) is 12.5. The monoisotopic (exact) mass is 410 g/mol. The highest BCUT2D eigenvalue weighted by Crippen LogP contribution is 2.36. The Kier molecular flexibility index (Phi) is 10.1. The molecule has 0 spiro atoms. The molecule has 0 aliphatic carbocycles. The summed E-state index contributed by atoms with van der Waals surface area (Å²) in [5.74, 6) is -0.966. The first kappa shape index (κ1) is 24.3. The van der Waals surface area contributed by atoms with Gasteiger partial charge in [-0.1, -0.05) is 50.6 Å². The molecule has 0 bridgehead atoms. The summed E-state index contributed by atoms with van der Waals surface area (Å²) in [6, 6.07) is 4.78. The zero-order valence-corrected chi connectivity index (χ0v) is 19.8. The third-order valence-corrected chi connectivity index (χ3v) is 11.2. The van der Waals surface area contributed by atoms with Gasteiger partial charge in [0.05, 0.1) is 9.52 Å². The minimum Gasteiger partial charge on any atom is -0.417 e. The first-order valence-electron chi connectivity index (χ1n) is 10.0. The molecule has 0 saturated carbocycles. The molecule has 0 heterocycles. The SMILES string of the molecule is C=C(CCCCO[Si](C)(C)C(C)(C)C)CCCC[Si]c1cc(F)cc(F)c1. The highest BCUT2D eigenvalue weighted by atomic mass is 28.4. The number of hydrogen-bond donors (Lipinski definition) is 0. The maximum Gasteiger partial charge on any atom is 0.191 e. The van der Waals surface area contributed by atoms with Gasteiger partial charge in [-0.2, -0.15) is 0 Å². The van der Waals surface area contributed by atoms with Crippen molar-refractivity contribution in [2.24, 2.45) is 0 Å². The fraction of sp³-hybridized carbons (Fsp3) is 0.636. The summed E-state index contributed by atoms with van der Waals surface area (Å²) >= 11 is 0. The molecule has 0 atom stereocenters. The van der Waals surface area contributed by atoms with Gasteiger partial charge in [-0.25, -0.2) is 8.78 Å². The first-order valence-corrected chi connectivity index (χ1v) is 14.1. The lowest BCUT2D eigenvalue weighted by Gasteiger charge is -2.36. The standard InChI is InChI=1S/C22H36F2OSi2/c1-18(11-7-9-13-25-27(5,6)22(2,3)4)12-8-10-14-26-21-16-19(23)15-20(24)17-21/h15-17H,1,7-14H2,2-6H3. The third kappa shape index (κ3) is 9.81. The lowest BCUT2D eigenvalue weighted by molar-refractivity contribution is 0.279. The highest BCUT2D eigenvalue weighted by Gasteiger charge is 2.36. The van der Waals surface area contributed by atoms with E-state index in [1.165, 1.54) is 17.7 Å². The Morgan fingerprint density at radius 2 is 1.56 bits per heavy atom. The average molecular weight is 411 g/mol. The van der Waals surface area contributed by atoms with E-state index in [4.69, 9.17) is 4.43 Å². The molecule has 1 rings (SSSR count). The summed E-state index contributed by atoms with van der Waals surface area (Å²) in [6.07, 6.45) is 6.52. The van der Waals surface area contributed by atoms with Gasteiger partial charge < -0.3 is 4.43 Å². The van der Waals surface area contributed by atoms with Gasteiger partial charge in [0.15, 0.2) is 8.32 Å². The van der Waals surface area contributed by atoms with E-state index < -0.39 is 20.0 Å². The van der Waals surface area contributed by atoms with Gasteiger partial charge in [0, 0.05) is 12.7 Å². The van der Waals surface area contributed by atoms with Crippen LogP contribution in [0.15, 0.2) is 30.4 Å². The number of halogens is 2. The van der Waals surface area contributed by atoms with Crippen LogP contribution >= 0.6 is 0 Å². The zero-order chi connectivity index (χ0) is 20.5. The van der Waals surface area contributed by atoms with Crippen LogP contribution in [-0.4, -0.2) is 24.4 Å². The lowest BCUT2D eigenvalue weighted by atomic mass is 10.0. The van der Waals surface area contributed by atoms with Gasteiger partial charge in [0.1, 0.15) is 11.6 Å². The van der Waals surface area contributed by atoms with E-state index >= 15 is 0 Å². The molecule has 0 amide bonds. The van der Waals surface area contributed by atoms with Crippen molar-refractivity contribution in [1.29, 1.82) is 0 Å². The Labute approximate surface area is 168 Å². The molecule has 1 nitrogen and oxygen atoms in total. The van der Waals surface area contributed by atoms with Gasteiger partial charge in [-0.3, -0.25) is 0 Å². The molecule has 152 valence electrons. The van der Waals surface area contributed by atoms with Crippen LogP contribution in [0.3, 0.4) is 0 Å². The fourth-order valence-corrected chi connectivity index (χ4v) is 4.82. The van der Waals surface area contributed by atoms with Crippen molar-refractivity contribution in [3.8, 4) is 0 Å². The summed E-state index contributed by atoms with van der Waals surface area (Å²) in [6.45, 7) is 16.5. The fourth-order valence-electron chi connectivity index (χ4n) is 2.53. The molecule has 2 radical (unpaired) electrons. The predicted molar refractivity (Wildman–Crippen MR) is 117 cm³/mol. The van der Waals surface area contributed by atoms with Crippen molar-refractivity contribution < 1.29 is 13.2 Å². The molecule has 1 aromatic carbocycles. The van der Waals surface area contributed by atoms with Gasteiger partial charge in [0.25, 0.3) is 0 Å². The van der Waals surface area contributed by atoms with Crippen LogP contribution in [0, 0.1) is 11.6 Å². The van der Waals surface area contributed by atoms with E-state index in [0.29, 0.717) is 9.52 Å². The lowest BCUT2D eigenvalue weighted by Crippen LogP contribution is -2.40. The van der Waals surface area contributed by atoms with E-state index in [9.17, 15) is 8.78 Å². The van der Waals surface area contributed by atoms with Crippen molar-refractivity contribution in [2.45, 2.75) is 83.5 Å². The largest absolute Gasteiger partial charge is 0.417 e. The highest BCUT2D eigenvalue weighted by molar-refractivity contribution is 6.74. The normalized spacial score (nSPS) is 12.4. The molecule has 5 heteroatoms. The summed E-state index contributed by atoms with van der Waals surface area (Å²) in [5.41, 5.74) is 1.31. The maximum absolute atomic E-state index is 13.2. The van der Waals surface area contributed by atoms with Crippen molar-refractivity contribution in [3.63, 3.8) is 0 Å². The van der Waals surface area contributed by atoms with E-state index in [1.54, 1.807) is 0 Å². The summed E-state index contributed by atoms with van der Waals surface area (Å²) in [4.78, 5) is 0. The Hall–Kier alpha value is -0.786. The summed E-state index contributed by atoms with van der Waals surface area (Å²) in [5, 5.41) is 1.04. The summed E-state index contributed by atoms with van der Waals surface area (Å²) in [7, 11) is -1.15. The average Bonchev–Trinajstić information content (AvgIpc) is 2.52. The Morgan fingerprint density at radius 3 is 2.11 bits per heavy atom. The van der Waals surface area contributed by atoms with Crippen LogP contribution in [0.4, 0.5) is 8.78 Å². The van der Waals surface area contributed by atoms with Gasteiger partial charge >= 0.3 is 0 Å². The molecule has 0 fully saturated rings. The second kappa shape index (κ2) is 11.3. The second-order valence-corrected chi connectivity index (χ2v) is 15.1. The topological polar surface area (TPSA) is 9.23 Å². The Morgan fingerprint density at radius 1 is 1.00 bits per heavy atom. The minimum atomic E-state index is -1.62. The van der Waals surface area contributed by atoms with E-state index in [1.807, 2.05) is 0 Å². The van der Waals surface area contributed by atoms with E-state index in [2.05, 4.69) is 40.4 Å². The molecule has 0 N–H and O–H groups in total. The van der Waals surface area contributed by atoms with Crippen molar-refractivity contribution in [2.75, 3.05) is 6.61 Å². The minimum absolute atomic E-state index is 0.272. The third-order valence-electron chi connectivity index (χ3n) is 5.34. The summed E-state index contributed by atoms with van der Waals surface area (Å²) < 4.78 is 32.5. The number of benzene rings is 1. The van der Waals surface area contributed by atoms with Crippen LogP contribution in [-0.2, 0) is 4.43 Å². The van der Waals surface area contributed by atoms with Crippen LogP contribution in [0.2, 0.25) is 24.2 Å². The second-order valence-electron chi connectivity index (χ2n) is 8.86. The molecule has 0 aliphatic rings. The zero-order valence-electron chi connectivity index (χ0n) is 17.8. The molecule has 0 aromatic heterocycles. The van der Waals surface area contributed by atoms with Crippen molar-refractivity contribution >= 4 is 23.0 Å². The molecule has 0 aliphatic heterocycles. The quantitative estimate of drug-likeness (QED) is 0.213. The van der Waals surface area contributed by atoms with Gasteiger partial charge in [0.2, 0.25) is 0 Å². The van der Waals surface area contributed by atoms with Crippen LogP contribution < -0.4 is 5.19 Å². The molecule has 0 unspecified atom stereocenters. The van der Waals surface area contributed by atoms with Crippen molar-refractivity contribution in [1.82, 2.24) is 0 Å². The maximum atomic E-state index is 13.2. The predicted octanol–water partition coefficient (Wildman–Crippen LogP) is 6.63. The van der Waals surface area contributed by atoms with Crippen molar-refractivity contribution in [3.05, 3.63) is 42.0 Å². The van der Waals surface area contributed by atoms with E-state index in [0.717, 1.165) is 62.4 Å². The van der Waals surface area contributed by atoms with Gasteiger partial charge in [-0.05, 0) is 62.4 Å². The van der Waals surface area contributed by atoms with Crippen LogP contribution in [0.1, 0.15) is 59.3 Å². The number of unbranched alkanes of at least 4 members (excludes halogenated alkanes) is 2. The molecule has 27 heavy (non-hydrogen) atoms. The Bertz CT molecular complexity index is 574. The van der Waals surface area contributed by atoms with E-state index in [-0.39, 0.29) is 5.04 Å². The molecular weight excluding hydrogens is 374 g/mol. The number of allylic oxidation sites excluding steroid dienone is 1. The molecular formula is C22H36F2OSi2. The Balaban J connectivity index is 2.07. The number of rotatable bonds is 12. The molecule has 1 aromatic rings. The van der Waals surface area contributed by atoms with Crippen LogP contribution in [0.25, 0.3) is 0 Å². The smallest absolute Gasteiger partial charge is 0.191 e. The van der Waals surface area contributed by atoms with Gasteiger partial charge in [-0.15, -0.1) is 0 Å². The number of hydrogen-bond acceptors (Lipinski definition) is 1. The van der Waals surface area contributed by atoms with Crippen LogP contribution in [0.5, 0.6) is 0 Å².